The third-order valence-electron chi connectivity index (χ3n) is 3.28. The summed E-state index contributed by atoms with van der Waals surface area (Å²) >= 11 is 0. The first-order chi connectivity index (χ1) is 8.77. The average molecular weight is 249 g/mol. The largest absolute Gasteiger partial charge is 0.481 e. The van der Waals surface area contributed by atoms with Crippen molar-refractivity contribution in [3.63, 3.8) is 0 Å². The molecule has 1 aliphatic heterocycles. The molecular weight excluding hydrogens is 230 g/mol. The van der Waals surface area contributed by atoms with E-state index in [1.807, 2.05) is 12.1 Å². The molecular formula is C13H19N3O2. The van der Waals surface area contributed by atoms with Gasteiger partial charge in [-0.05, 0) is 30.7 Å². The predicted octanol–water partition coefficient (Wildman–Crippen LogP) is 0.893. The molecule has 0 aromatic carbocycles. The van der Waals surface area contributed by atoms with Crippen molar-refractivity contribution in [2.45, 2.75) is 18.9 Å². The van der Waals surface area contributed by atoms with E-state index in [0.717, 1.165) is 26.2 Å². The molecule has 2 heterocycles. The van der Waals surface area contributed by atoms with Gasteiger partial charge in [0.1, 0.15) is 0 Å². The Balaban J connectivity index is 1.95. The molecule has 1 aromatic heterocycles. The van der Waals surface area contributed by atoms with E-state index in [1.165, 1.54) is 5.56 Å². The van der Waals surface area contributed by atoms with Crippen molar-refractivity contribution >= 4 is 5.97 Å². The van der Waals surface area contributed by atoms with Crippen molar-refractivity contribution < 1.29 is 9.90 Å². The van der Waals surface area contributed by atoms with Crippen molar-refractivity contribution in [2.24, 2.45) is 0 Å². The number of carbonyl (C=O) groups is 1. The summed E-state index contributed by atoms with van der Waals surface area (Å²) in [5, 5.41) is 12.1. The van der Waals surface area contributed by atoms with Gasteiger partial charge in [-0.25, -0.2) is 0 Å². The molecule has 2 N–H and O–H groups in total. The maximum Gasteiger partial charge on any atom is 0.303 e. The van der Waals surface area contributed by atoms with E-state index < -0.39 is 5.97 Å². The first-order valence-corrected chi connectivity index (χ1v) is 6.34. The second kappa shape index (κ2) is 6.47. The van der Waals surface area contributed by atoms with Crippen LogP contribution in [0, 0.1) is 0 Å². The van der Waals surface area contributed by atoms with Crippen LogP contribution in [0.5, 0.6) is 0 Å². The van der Waals surface area contributed by atoms with Crippen LogP contribution >= 0.6 is 0 Å². The number of rotatable bonds is 5. The molecule has 0 bridgehead atoms. The fourth-order valence-electron chi connectivity index (χ4n) is 2.36. The van der Waals surface area contributed by atoms with Gasteiger partial charge in [-0.15, -0.1) is 0 Å². The number of hydrogen-bond donors (Lipinski definition) is 2. The molecule has 0 radical (unpaired) electrons. The fraction of sp³-hybridized carbons (Fsp3) is 0.538. The molecule has 1 unspecified atom stereocenters. The quantitative estimate of drug-likeness (QED) is 0.811. The SMILES string of the molecule is O=C(O)CCCN1CCNCC1c1ccncc1. The molecule has 1 aliphatic rings. The van der Waals surface area contributed by atoms with Gasteiger partial charge >= 0.3 is 5.97 Å². The maximum absolute atomic E-state index is 10.6. The van der Waals surface area contributed by atoms with Gasteiger partial charge in [-0.2, -0.15) is 0 Å². The van der Waals surface area contributed by atoms with Crippen LogP contribution < -0.4 is 5.32 Å². The second-order valence-corrected chi connectivity index (χ2v) is 4.53. The number of piperazine rings is 1. The highest BCUT2D eigenvalue weighted by atomic mass is 16.4. The number of nitrogens with zero attached hydrogens (tertiary/aromatic N) is 2. The molecule has 5 heteroatoms. The molecule has 5 nitrogen and oxygen atoms in total. The summed E-state index contributed by atoms with van der Waals surface area (Å²) in [5.74, 6) is -0.717. The minimum absolute atomic E-state index is 0.243. The molecule has 1 fully saturated rings. The Morgan fingerprint density at radius 1 is 1.50 bits per heavy atom. The molecule has 0 amide bonds. The van der Waals surface area contributed by atoms with E-state index in [2.05, 4.69) is 15.2 Å². The zero-order valence-corrected chi connectivity index (χ0v) is 10.4. The standard InChI is InChI=1S/C13H19N3O2/c17-13(18)2-1-8-16-9-7-15-10-12(16)11-3-5-14-6-4-11/h3-6,12,15H,1-2,7-10H2,(H,17,18). The van der Waals surface area contributed by atoms with Crippen LogP contribution in [-0.4, -0.2) is 47.1 Å². The first-order valence-electron chi connectivity index (χ1n) is 6.34. The summed E-state index contributed by atoms with van der Waals surface area (Å²) in [6, 6.07) is 4.39. The Morgan fingerprint density at radius 3 is 3.00 bits per heavy atom. The lowest BCUT2D eigenvalue weighted by Gasteiger charge is -2.36. The van der Waals surface area contributed by atoms with Crippen LogP contribution in [0.4, 0.5) is 0 Å². The van der Waals surface area contributed by atoms with E-state index in [9.17, 15) is 4.79 Å². The molecule has 0 saturated carbocycles. The van der Waals surface area contributed by atoms with E-state index in [1.54, 1.807) is 12.4 Å². The number of aliphatic carboxylic acids is 1. The van der Waals surface area contributed by atoms with Gasteiger partial charge in [0.05, 0.1) is 0 Å². The average Bonchev–Trinajstić information content (AvgIpc) is 2.40. The van der Waals surface area contributed by atoms with E-state index >= 15 is 0 Å². The number of hydrogen-bond acceptors (Lipinski definition) is 4. The monoisotopic (exact) mass is 249 g/mol. The summed E-state index contributed by atoms with van der Waals surface area (Å²) in [6.07, 6.45) is 4.56. The summed E-state index contributed by atoms with van der Waals surface area (Å²) in [7, 11) is 0. The van der Waals surface area contributed by atoms with Gasteiger partial charge in [0.15, 0.2) is 0 Å². The summed E-state index contributed by atoms with van der Waals surface area (Å²) in [6.45, 7) is 3.68. The molecule has 1 atom stereocenters. The normalized spacial score (nSPS) is 20.8. The van der Waals surface area contributed by atoms with Crippen LogP contribution in [0.1, 0.15) is 24.4 Å². The zero-order valence-electron chi connectivity index (χ0n) is 10.4. The molecule has 18 heavy (non-hydrogen) atoms. The lowest BCUT2D eigenvalue weighted by Crippen LogP contribution is -2.46. The highest BCUT2D eigenvalue weighted by molar-refractivity contribution is 5.66. The van der Waals surface area contributed by atoms with Crippen molar-refractivity contribution in [1.82, 2.24) is 15.2 Å². The minimum atomic E-state index is -0.717. The van der Waals surface area contributed by atoms with E-state index in [0.29, 0.717) is 12.5 Å². The minimum Gasteiger partial charge on any atom is -0.481 e. The van der Waals surface area contributed by atoms with Gasteiger partial charge in [-0.3, -0.25) is 14.7 Å². The third kappa shape index (κ3) is 3.51. The highest BCUT2D eigenvalue weighted by Gasteiger charge is 2.23. The number of carboxylic acid groups (broad SMARTS) is 1. The maximum atomic E-state index is 10.6. The Bertz CT molecular complexity index is 383. The number of carboxylic acids is 1. The lowest BCUT2D eigenvalue weighted by molar-refractivity contribution is -0.137. The smallest absolute Gasteiger partial charge is 0.303 e. The molecule has 2 rings (SSSR count). The van der Waals surface area contributed by atoms with Crippen molar-refractivity contribution in [3.05, 3.63) is 30.1 Å². The molecule has 0 aliphatic carbocycles. The first kappa shape index (κ1) is 13.0. The van der Waals surface area contributed by atoms with Gasteiger partial charge < -0.3 is 10.4 Å². The third-order valence-corrected chi connectivity index (χ3v) is 3.28. The Kier molecular flexibility index (Phi) is 4.66. The highest BCUT2D eigenvalue weighted by Crippen LogP contribution is 2.21. The van der Waals surface area contributed by atoms with E-state index in [-0.39, 0.29) is 6.42 Å². The summed E-state index contributed by atoms with van der Waals surface area (Å²) in [4.78, 5) is 16.9. The topological polar surface area (TPSA) is 65.5 Å². The summed E-state index contributed by atoms with van der Waals surface area (Å²) in [5.41, 5.74) is 1.24. The fourth-order valence-corrected chi connectivity index (χ4v) is 2.36. The Hall–Kier alpha value is -1.46. The number of aromatic nitrogens is 1. The number of pyridine rings is 1. The van der Waals surface area contributed by atoms with Gasteiger partial charge in [0.25, 0.3) is 0 Å². The molecule has 1 saturated heterocycles. The summed E-state index contributed by atoms with van der Waals surface area (Å²) < 4.78 is 0. The molecule has 1 aromatic rings. The Morgan fingerprint density at radius 2 is 2.28 bits per heavy atom. The second-order valence-electron chi connectivity index (χ2n) is 4.53. The van der Waals surface area contributed by atoms with Gasteiger partial charge in [0.2, 0.25) is 0 Å². The number of nitrogens with one attached hydrogen (secondary N) is 1. The van der Waals surface area contributed by atoms with Gasteiger partial charge in [-0.1, -0.05) is 0 Å². The van der Waals surface area contributed by atoms with E-state index in [4.69, 9.17) is 5.11 Å². The van der Waals surface area contributed by atoms with Crippen LogP contribution in [-0.2, 0) is 4.79 Å². The van der Waals surface area contributed by atoms with Crippen LogP contribution in [0.15, 0.2) is 24.5 Å². The lowest BCUT2D eigenvalue weighted by atomic mass is 10.0. The zero-order chi connectivity index (χ0) is 12.8. The van der Waals surface area contributed by atoms with Crippen LogP contribution in [0.2, 0.25) is 0 Å². The van der Waals surface area contributed by atoms with Gasteiger partial charge in [0, 0.05) is 44.5 Å². The molecule has 98 valence electrons. The van der Waals surface area contributed by atoms with Crippen molar-refractivity contribution in [3.8, 4) is 0 Å². The molecule has 0 spiro atoms. The van der Waals surface area contributed by atoms with Crippen LogP contribution in [0.3, 0.4) is 0 Å². The van der Waals surface area contributed by atoms with Crippen molar-refractivity contribution in [2.75, 3.05) is 26.2 Å². The Labute approximate surface area is 107 Å². The van der Waals surface area contributed by atoms with Crippen LogP contribution in [0.25, 0.3) is 0 Å². The predicted molar refractivity (Wildman–Crippen MR) is 68.3 cm³/mol. The van der Waals surface area contributed by atoms with Crippen molar-refractivity contribution in [1.29, 1.82) is 0 Å².